The molecule has 0 bridgehead atoms. The summed E-state index contributed by atoms with van der Waals surface area (Å²) in [5.41, 5.74) is 1.32. The van der Waals surface area contributed by atoms with Crippen molar-refractivity contribution in [1.29, 1.82) is 0 Å². The summed E-state index contributed by atoms with van der Waals surface area (Å²) in [6.07, 6.45) is 0. The van der Waals surface area contributed by atoms with Gasteiger partial charge in [0.25, 0.3) is 5.69 Å². The summed E-state index contributed by atoms with van der Waals surface area (Å²) in [6.45, 7) is 0.637. The van der Waals surface area contributed by atoms with Crippen LogP contribution in [0.4, 0.5) is 5.69 Å². The molecule has 6 nitrogen and oxygen atoms in total. The predicted molar refractivity (Wildman–Crippen MR) is 86.9 cm³/mol. The Hall–Kier alpha value is -1.87. The molecular weight excluding hydrogens is 401 g/mol. The minimum absolute atomic E-state index is 0.00842. The van der Waals surface area contributed by atoms with Gasteiger partial charge in [-0.25, -0.2) is 0 Å². The summed E-state index contributed by atoms with van der Waals surface area (Å²) in [7, 11) is 0. The first-order valence-electron chi connectivity index (χ1n) is 6.52. The van der Waals surface area contributed by atoms with Gasteiger partial charge in [0.15, 0.2) is 6.79 Å². The lowest BCUT2D eigenvalue weighted by molar-refractivity contribution is -0.385. The van der Waals surface area contributed by atoms with Crippen LogP contribution in [0, 0.1) is 13.7 Å². The molecule has 2 aromatic rings. The number of ether oxygens (including phenoxy) is 3. The summed E-state index contributed by atoms with van der Waals surface area (Å²) in [4.78, 5) is 10.6. The van der Waals surface area contributed by atoms with Gasteiger partial charge in [-0.15, -0.1) is 0 Å². The number of non-ortho nitro benzene ring substituents is 1. The molecule has 0 spiro atoms. The Bertz CT molecular complexity index is 719. The molecule has 1 heterocycles. The van der Waals surface area contributed by atoms with Crippen molar-refractivity contribution in [1.82, 2.24) is 0 Å². The van der Waals surface area contributed by atoms with Crippen molar-refractivity contribution in [3.63, 3.8) is 0 Å². The molecule has 22 heavy (non-hydrogen) atoms. The first-order chi connectivity index (χ1) is 10.6. The molecular formula is C15H12INO5. The van der Waals surface area contributed by atoms with E-state index in [2.05, 4.69) is 22.6 Å². The van der Waals surface area contributed by atoms with Crippen molar-refractivity contribution in [3.8, 4) is 11.5 Å². The quantitative estimate of drug-likeness (QED) is 0.435. The summed E-state index contributed by atoms with van der Waals surface area (Å²) < 4.78 is 17.4. The van der Waals surface area contributed by atoms with Gasteiger partial charge in [-0.2, -0.15) is 0 Å². The SMILES string of the molecule is O=[N+]([O-])c1cc2c(c(COc3cccc(I)c3)c1)OCOC2. The van der Waals surface area contributed by atoms with Crippen molar-refractivity contribution < 1.29 is 19.1 Å². The average Bonchev–Trinajstić information content (AvgIpc) is 2.52. The number of hydrogen-bond acceptors (Lipinski definition) is 5. The second-order valence-corrected chi connectivity index (χ2v) is 5.95. The number of nitrogens with zero attached hydrogens (tertiary/aromatic N) is 1. The van der Waals surface area contributed by atoms with E-state index in [1.807, 2.05) is 24.3 Å². The highest BCUT2D eigenvalue weighted by atomic mass is 127. The highest BCUT2D eigenvalue weighted by Gasteiger charge is 2.21. The van der Waals surface area contributed by atoms with Crippen LogP contribution >= 0.6 is 22.6 Å². The Morgan fingerprint density at radius 2 is 2.18 bits per heavy atom. The number of benzene rings is 2. The molecule has 0 saturated carbocycles. The van der Waals surface area contributed by atoms with Gasteiger partial charge in [0.1, 0.15) is 18.1 Å². The number of nitro groups is 1. The van der Waals surface area contributed by atoms with Gasteiger partial charge in [-0.3, -0.25) is 10.1 Å². The fraction of sp³-hybridized carbons (Fsp3) is 0.200. The van der Waals surface area contributed by atoms with Crippen molar-refractivity contribution >= 4 is 28.3 Å². The molecule has 0 radical (unpaired) electrons. The fourth-order valence-electron chi connectivity index (χ4n) is 2.21. The Morgan fingerprint density at radius 3 is 2.95 bits per heavy atom. The van der Waals surface area contributed by atoms with Gasteiger partial charge in [0, 0.05) is 26.8 Å². The van der Waals surface area contributed by atoms with E-state index in [9.17, 15) is 10.1 Å². The van der Waals surface area contributed by atoms with Crippen LogP contribution in [0.25, 0.3) is 0 Å². The van der Waals surface area contributed by atoms with Crippen LogP contribution in [0.2, 0.25) is 0 Å². The third kappa shape index (κ3) is 3.30. The summed E-state index contributed by atoms with van der Waals surface area (Å²) in [5, 5.41) is 11.0. The lowest BCUT2D eigenvalue weighted by Gasteiger charge is -2.20. The molecule has 114 valence electrons. The maximum atomic E-state index is 11.0. The molecule has 0 amide bonds. The van der Waals surface area contributed by atoms with Crippen molar-refractivity contribution in [3.05, 3.63) is 61.2 Å². The summed E-state index contributed by atoms with van der Waals surface area (Å²) in [6, 6.07) is 10.6. The van der Waals surface area contributed by atoms with E-state index in [1.54, 1.807) is 0 Å². The molecule has 0 saturated heterocycles. The Labute approximate surface area is 140 Å². The number of fused-ring (bicyclic) bond motifs is 1. The van der Waals surface area contributed by atoms with E-state index in [0.717, 1.165) is 3.57 Å². The summed E-state index contributed by atoms with van der Waals surface area (Å²) in [5.74, 6) is 1.32. The van der Waals surface area contributed by atoms with E-state index in [1.165, 1.54) is 12.1 Å². The molecule has 0 unspecified atom stereocenters. The third-order valence-corrected chi connectivity index (χ3v) is 3.84. The second kappa shape index (κ2) is 6.49. The number of halogens is 1. The molecule has 0 fully saturated rings. The highest BCUT2D eigenvalue weighted by Crippen LogP contribution is 2.33. The Balaban J connectivity index is 1.88. The molecule has 0 aliphatic carbocycles. The van der Waals surface area contributed by atoms with Crippen LogP contribution in [0.15, 0.2) is 36.4 Å². The minimum Gasteiger partial charge on any atom is -0.489 e. The lowest BCUT2D eigenvalue weighted by Crippen LogP contribution is -2.14. The zero-order valence-electron chi connectivity index (χ0n) is 11.5. The monoisotopic (exact) mass is 413 g/mol. The maximum absolute atomic E-state index is 11.0. The van der Waals surface area contributed by atoms with Crippen molar-refractivity contribution in [2.75, 3.05) is 6.79 Å². The van der Waals surface area contributed by atoms with Crippen LogP contribution in [-0.4, -0.2) is 11.7 Å². The first-order valence-corrected chi connectivity index (χ1v) is 7.60. The number of hydrogen-bond donors (Lipinski definition) is 0. The van der Waals surface area contributed by atoms with E-state index in [0.29, 0.717) is 29.2 Å². The van der Waals surface area contributed by atoms with Gasteiger partial charge in [-0.1, -0.05) is 6.07 Å². The first kappa shape index (κ1) is 15.0. The normalized spacial score (nSPS) is 13.1. The van der Waals surface area contributed by atoms with Crippen molar-refractivity contribution in [2.45, 2.75) is 13.2 Å². The Morgan fingerprint density at radius 1 is 1.32 bits per heavy atom. The van der Waals surface area contributed by atoms with Crippen molar-refractivity contribution in [2.24, 2.45) is 0 Å². The van der Waals surface area contributed by atoms with Crippen LogP contribution in [0.3, 0.4) is 0 Å². The van der Waals surface area contributed by atoms with Crippen LogP contribution < -0.4 is 9.47 Å². The molecule has 1 aliphatic heterocycles. The lowest BCUT2D eigenvalue weighted by atomic mass is 10.1. The molecule has 0 atom stereocenters. The van der Waals surface area contributed by atoms with Crippen LogP contribution in [0.1, 0.15) is 11.1 Å². The average molecular weight is 413 g/mol. The number of rotatable bonds is 4. The largest absolute Gasteiger partial charge is 0.489 e. The summed E-state index contributed by atoms with van der Waals surface area (Å²) >= 11 is 2.20. The van der Waals surface area contributed by atoms with Gasteiger partial charge in [-0.05, 0) is 40.8 Å². The third-order valence-electron chi connectivity index (χ3n) is 3.17. The maximum Gasteiger partial charge on any atom is 0.270 e. The molecule has 1 aliphatic rings. The van der Waals surface area contributed by atoms with Crippen LogP contribution in [0.5, 0.6) is 11.5 Å². The topological polar surface area (TPSA) is 70.8 Å². The van der Waals surface area contributed by atoms with E-state index in [-0.39, 0.29) is 19.1 Å². The van der Waals surface area contributed by atoms with E-state index < -0.39 is 4.92 Å². The van der Waals surface area contributed by atoms with E-state index >= 15 is 0 Å². The molecule has 7 heteroatoms. The Kier molecular flexibility index (Phi) is 4.44. The molecule has 3 rings (SSSR count). The zero-order chi connectivity index (χ0) is 15.5. The predicted octanol–water partition coefficient (Wildman–Crippen LogP) is 3.64. The highest BCUT2D eigenvalue weighted by molar-refractivity contribution is 14.1. The van der Waals surface area contributed by atoms with E-state index in [4.69, 9.17) is 14.2 Å². The molecule has 2 aromatic carbocycles. The molecule has 0 N–H and O–H groups in total. The zero-order valence-corrected chi connectivity index (χ0v) is 13.6. The minimum atomic E-state index is -0.427. The van der Waals surface area contributed by atoms with Gasteiger partial charge in [0.05, 0.1) is 11.5 Å². The second-order valence-electron chi connectivity index (χ2n) is 4.71. The van der Waals surface area contributed by atoms with Gasteiger partial charge in [0.2, 0.25) is 0 Å². The fourth-order valence-corrected chi connectivity index (χ4v) is 2.73. The standard InChI is InChI=1S/C15H12INO5/c16-12-2-1-3-14(6-12)21-8-11-5-13(17(18)19)4-10-7-20-9-22-15(10)11/h1-6H,7-9H2. The molecule has 0 aromatic heterocycles. The smallest absolute Gasteiger partial charge is 0.270 e. The van der Waals surface area contributed by atoms with Gasteiger partial charge < -0.3 is 14.2 Å². The van der Waals surface area contributed by atoms with Gasteiger partial charge >= 0.3 is 0 Å². The number of nitro benzene ring substituents is 1. The van der Waals surface area contributed by atoms with Crippen LogP contribution in [-0.2, 0) is 18.0 Å².